The third kappa shape index (κ3) is 2.24. The van der Waals surface area contributed by atoms with Crippen molar-refractivity contribution in [3.05, 3.63) is 65.7 Å². The van der Waals surface area contributed by atoms with E-state index < -0.39 is 5.91 Å². The molecule has 6 nitrogen and oxygen atoms in total. The molecule has 1 saturated heterocycles. The van der Waals surface area contributed by atoms with Crippen molar-refractivity contribution >= 4 is 29.2 Å². The summed E-state index contributed by atoms with van der Waals surface area (Å²) in [6, 6.07) is 12.6. The average Bonchev–Trinajstić information content (AvgIpc) is 3.48. The Morgan fingerprint density at radius 3 is 2.20 bits per heavy atom. The highest BCUT2D eigenvalue weighted by Gasteiger charge is 2.59. The van der Waals surface area contributed by atoms with Crippen LogP contribution in [0.1, 0.15) is 22.3 Å². The van der Waals surface area contributed by atoms with E-state index in [0.717, 1.165) is 22.4 Å². The third-order valence-electron chi connectivity index (χ3n) is 6.87. The van der Waals surface area contributed by atoms with Crippen molar-refractivity contribution in [1.29, 1.82) is 0 Å². The Kier molecular flexibility index (Phi) is 3.46. The van der Waals surface area contributed by atoms with Gasteiger partial charge in [-0.15, -0.1) is 0 Å². The second kappa shape index (κ2) is 5.98. The van der Waals surface area contributed by atoms with Crippen LogP contribution in [-0.2, 0) is 14.4 Å². The van der Waals surface area contributed by atoms with Crippen LogP contribution in [0.4, 0.5) is 5.69 Å². The summed E-state index contributed by atoms with van der Waals surface area (Å²) < 4.78 is 0. The fourth-order valence-electron chi connectivity index (χ4n) is 5.57. The number of allylic oxidation sites excluding steroid dienone is 2. The molecule has 1 N–H and O–H groups in total. The van der Waals surface area contributed by atoms with Gasteiger partial charge in [0, 0.05) is 16.8 Å². The maximum atomic E-state index is 12.7. The first-order chi connectivity index (χ1) is 14.5. The normalized spacial score (nSPS) is 27.5. The maximum Gasteiger partial charge on any atom is 0.244 e. The van der Waals surface area contributed by atoms with E-state index in [-0.39, 0.29) is 47.8 Å². The Balaban J connectivity index is 1.19. The Morgan fingerprint density at radius 2 is 1.50 bits per heavy atom. The van der Waals surface area contributed by atoms with Gasteiger partial charge < -0.3 is 5.32 Å². The van der Waals surface area contributed by atoms with Crippen LogP contribution in [0.2, 0.25) is 0 Å². The van der Waals surface area contributed by atoms with Crippen LogP contribution >= 0.6 is 0 Å². The van der Waals surface area contributed by atoms with Crippen molar-refractivity contribution in [3.8, 4) is 11.1 Å². The number of benzene rings is 2. The highest BCUT2D eigenvalue weighted by molar-refractivity contribution is 6.22. The third-order valence-corrected chi connectivity index (χ3v) is 6.87. The number of carbonyl (C=O) groups excluding carboxylic acids is 4. The molecule has 6 heteroatoms. The number of rotatable bonds is 3. The molecule has 4 aliphatic rings. The summed E-state index contributed by atoms with van der Waals surface area (Å²) in [4.78, 5) is 51.8. The van der Waals surface area contributed by atoms with E-state index in [9.17, 15) is 19.2 Å². The molecule has 3 aliphatic carbocycles. The topological polar surface area (TPSA) is 83.6 Å². The number of hydrogen-bond donors (Lipinski definition) is 1. The molecular weight excluding hydrogens is 380 g/mol. The Labute approximate surface area is 172 Å². The van der Waals surface area contributed by atoms with Gasteiger partial charge in [0.15, 0.2) is 5.78 Å². The molecule has 0 aromatic heterocycles. The van der Waals surface area contributed by atoms with Gasteiger partial charge in [-0.1, -0.05) is 42.5 Å². The van der Waals surface area contributed by atoms with Gasteiger partial charge >= 0.3 is 0 Å². The lowest BCUT2D eigenvalue weighted by molar-refractivity contribution is -0.143. The molecule has 2 aromatic rings. The Morgan fingerprint density at radius 1 is 0.867 bits per heavy atom. The summed E-state index contributed by atoms with van der Waals surface area (Å²) in [7, 11) is 0. The molecule has 2 bridgehead atoms. The van der Waals surface area contributed by atoms with Crippen LogP contribution in [0.5, 0.6) is 0 Å². The highest BCUT2D eigenvalue weighted by atomic mass is 16.2. The lowest BCUT2D eigenvalue weighted by Gasteiger charge is -2.17. The predicted octanol–water partition coefficient (Wildman–Crippen LogP) is 2.64. The molecule has 4 unspecified atom stereocenters. The SMILES string of the molecule is O=C(CN1C(=O)C2C3C=CC(C3)C2C1=O)Nc1ccc2c(c1)C(=O)c1ccccc1-2. The summed E-state index contributed by atoms with van der Waals surface area (Å²) in [6.07, 6.45) is 4.92. The Bertz CT molecular complexity index is 1170. The van der Waals surface area contributed by atoms with Gasteiger partial charge in [0.05, 0.1) is 11.8 Å². The number of ketones is 1. The van der Waals surface area contributed by atoms with Crippen molar-refractivity contribution in [1.82, 2.24) is 4.90 Å². The number of nitrogens with zero attached hydrogens (tertiary/aromatic N) is 1. The van der Waals surface area contributed by atoms with Crippen LogP contribution in [0, 0.1) is 23.7 Å². The Hall–Kier alpha value is -3.54. The monoisotopic (exact) mass is 398 g/mol. The summed E-state index contributed by atoms with van der Waals surface area (Å²) in [5.41, 5.74) is 3.40. The van der Waals surface area contributed by atoms with E-state index in [1.54, 1.807) is 18.2 Å². The smallest absolute Gasteiger partial charge is 0.244 e. The van der Waals surface area contributed by atoms with Gasteiger partial charge in [0.2, 0.25) is 17.7 Å². The van der Waals surface area contributed by atoms with Crippen molar-refractivity contribution in [3.63, 3.8) is 0 Å². The zero-order valence-electron chi connectivity index (χ0n) is 16.0. The molecule has 0 radical (unpaired) electrons. The second-order valence-corrected chi connectivity index (χ2v) is 8.45. The molecule has 6 rings (SSSR count). The molecule has 1 aliphatic heterocycles. The van der Waals surface area contributed by atoms with Crippen molar-refractivity contribution in [2.24, 2.45) is 23.7 Å². The minimum absolute atomic E-state index is 0.0719. The van der Waals surface area contributed by atoms with Crippen LogP contribution in [0.25, 0.3) is 11.1 Å². The molecule has 0 spiro atoms. The lowest BCUT2D eigenvalue weighted by atomic mass is 9.85. The maximum absolute atomic E-state index is 12.7. The fourth-order valence-corrected chi connectivity index (χ4v) is 5.57. The van der Waals surface area contributed by atoms with Gasteiger partial charge in [-0.3, -0.25) is 24.1 Å². The largest absolute Gasteiger partial charge is 0.325 e. The van der Waals surface area contributed by atoms with E-state index in [2.05, 4.69) is 5.32 Å². The number of nitrogens with one attached hydrogen (secondary N) is 1. The molecule has 3 amide bonds. The van der Waals surface area contributed by atoms with E-state index in [4.69, 9.17) is 0 Å². The molecular formula is C24H18N2O4. The highest BCUT2D eigenvalue weighted by Crippen LogP contribution is 2.52. The number of fused-ring (bicyclic) bond motifs is 8. The number of anilines is 1. The second-order valence-electron chi connectivity index (χ2n) is 8.45. The number of hydrogen-bond acceptors (Lipinski definition) is 4. The van der Waals surface area contributed by atoms with Crippen molar-refractivity contribution < 1.29 is 19.2 Å². The van der Waals surface area contributed by atoms with Crippen LogP contribution < -0.4 is 5.32 Å². The number of likely N-dealkylation sites (tertiary alicyclic amines) is 1. The van der Waals surface area contributed by atoms with Crippen molar-refractivity contribution in [2.45, 2.75) is 6.42 Å². The van der Waals surface area contributed by atoms with E-state index in [1.165, 1.54) is 0 Å². The predicted molar refractivity (Wildman–Crippen MR) is 108 cm³/mol. The van der Waals surface area contributed by atoms with Gasteiger partial charge in [0.1, 0.15) is 6.54 Å². The van der Waals surface area contributed by atoms with Gasteiger partial charge in [-0.25, -0.2) is 0 Å². The van der Waals surface area contributed by atoms with Crippen LogP contribution in [0.3, 0.4) is 0 Å². The summed E-state index contributed by atoms with van der Waals surface area (Å²) in [6.45, 7) is -0.296. The quantitative estimate of drug-likeness (QED) is 0.543. The molecule has 30 heavy (non-hydrogen) atoms. The van der Waals surface area contributed by atoms with Gasteiger partial charge in [0.25, 0.3) is 0 Å². The van der Waals surface area contributed by atoms with Crippen LogP contribution in [0.15, 0.2) is 54.6 Å². The summed E-state index contributed by atoms with van der Waals surface area (Å²) in [5.74, 6) is -1.37. The molecule has 4 atom stereocenters. The molecule has 148 valence electrons. The van der Waals surface area contributed by atoms with Gasteiger partial charge in [-0.2, -0.15) is 0 Å². The fraction of sp³-hybridized carbons (Fsp3) is 0.250. The van der Waals surface area contributed by atoms with E-state index in [1.807, 2.05) is 36.4 Å². The summed E-state index contributed by atoms with van der Waals surface area (Å²) in [5, 5.41) is 2.74. The number of amides is 3. The minimum Gasteiger partial charge on any atom is -0.325 e. The standard InChI is InChI=1S/C24H18N2O4/c27-19(11-26-23(29)20-12-5-6-13(9-12)21(20)24(26)30)25-14-7-8-16-15-3-1-2-4-17(15)22(28)18(16)10-14/h1-8,10,12-13,20-21H,9,11H2,(H,25,27). The van der Waals surface area contributed by atoms with Crippen LogP contribution in [-0.4, -0.2) is 34.9 Å². The van der Waals surface area contributed by atoms with E-state index >= 15 is 0 Å². The minimum atomic E-state index is -0.445. The molecule has 2 aromatic carbocycles. The number of carbonyl (C=O) groups is 4. The first kappa shape index (κ1) is 17.3. The first-order valence-electron chi connectivity index (χ1n) is 10.1. The average molecular weight is 398 g/mol. The van der Waals surface area contributed by atoms with Gasteiger partial charge in [-0.05, 0) is 41.5 Å². The van der Waals surface area contributed by atoms with E-state index in [0.29, 0.717) is 16.8 Å². The number of imide groups is 1. The van der Waals surface area contributed by atoms with Crippen molar-refractivity contribution in [2.75, 3.05) is 11.9 Å². The molecule has 1 heterocycles. The lowest BCUT2D eigenvalue weighted by Crippen LogP contribution is -2.39. The first-order valence-corrected chi connectivity index (χ1v) is 10.1. The molecule has 2 fully saturated rings. The molecule has 1 saturated carbocycles. The summed E-state index contributed by atoms with van der Waals surface area (Å²) >= 11 is 0. The zero-order valence-corrected chi connectivity index (χ0v) is 16.0. The zero-order chi connectivity index (χ0) is 20.6.